The van der Waals surface area contributed by atoms with Crippen molar-refractivity contribution in [1.29, 1.82) is 0 Å². The van der Waals surface area contributed by atoms with Crippen LogP contribution in [0, 0.1) is 0 Å². The van der Waals surface area contributed by atoms with Crippen molar-refractivity contribution in [2.24, 2.45) is 0 Å². The van der Waals surface area contributed by atoms with Crippen LogP contribution in [0.3, 0.4) is 0 Å². The summed E-state index contributed by atoms with van der Waals surface area (Å²) in [5.41, 5.74) is 3.28. The molecule has 0 amide bonds. The van der Waals surface area contributed by atoms with Crippen LogP contribution in [-0.4, -0.2) is 28.2 Å². The molecule has 0 bridgehead atoms. The van der Waals surface area contributed by atoms with E-state index in [4.69, 9.17) is 14.2 Å². The quantitative estimate of drug-likeness (QED) is 0.736. The topological polar surface area (TPSA) is 58.4 Å². The third-order valence-electron chi connectivity index (χ3n) is 4.72. The molecule has 126 valence electrons. The molecule has 3 heterocycles. The summed E-state index contributed by atoms with van der Waals surface area (Å²) in [4.78, 5) is 4.44. The second-order valence-electron chi connectivity index (χ2n) is 6.08. The second kappa shape index (κ2) is 5.51. The van der Waals surface area contributed by atoms with Gasteiger partial charge in [0.15, 0.2) is 11.5 Å². The van der Waals surface area contributed by atoms with Gasteiger partial charge in [0.25, 0.3) is 0 Å². The molecule has 0 aliphatic carbocycles. The summed E-state index contributed by atoms with van der Waals surface area (Å²) in [6, 6.07) is 12.2. The predicted octanol–water partition coefficient (Wildman–Crippen LogP) is 3.08. The van der Waals surface area contributed by atoms with Crippen molar-refractivity contribution in [3.63, 3.8) is 0 Å². The summed E-state index contributed by atoms with van der Waals surface area (Å²) in [5, 5.41) is 4.39. The first-order valence-corrected chi connectivity index (χ1v) is 8.39. The number of rotatable bonds is 3. The molecule has 3 aromatic rings. The van der Waals surface area contributed by atoms with Gasteiger partial charge in [-0.1, -0.05) is 18.2 Å². The van der Waals surface area contributed by atoms with Gasteiger partial charge in [-0.25, -0.2) is 9.67 Å². The fourth-order valence-corrected chi connectivity index (χ4v) is 3.64. The van der Waals surface area contributed by atoms with Crippen molar-refractivity contribution in [2.45, 2.75) is 19.3 Å². The minimum atomic E-state index is 0.129. The molecule has 0 fully saturated rings. The van der Waals surface area contributed by atoms with Crippen molar-refractivity contribution in [1.82, 2.24) is 14.8 Å². The summed E-state index contributed by atoms with van der Waals surface area (Å²) in [6.07, 6.45) is 2.36. The standard InChI is InChI=1S/C19H17N3O3/c1-2-23-16-6-4-3-5-12(16)13-8-19-20-10-21-22(19)15-9-18-17(7-14(13)15)24-11-25-18/h3-7,9-10,13H,2,8,11H2,1H3. The zero-order valence-corrected chi connectivity index (χ0v) is 13.8. The first kappa shape index (κ1) is 14.3. The molecule has 2 aliphatic heterocycles. The van der Waals surface area contributed by atoms with Crippen LogP contribution in [0.15, 0.2) is 42.7 Å². The van der Waals surface area contributed by atoms with E-state index in [1.165, 1.54) is 0 Å². The Morgan fingerprint density at radius 3 is 2.88 bits per heavy atom. The Hall–Kier alpha value is -3.02. The molecule has 2 aliphatic rings. The lowest BCUT2D eigenvalue weighted by atomic mass is 9.84. The number of hydrogen-bond donors (Lipinski definition) is 0. The maximum absolute atomic E-state index is 5.87. The van der Waals surface area contributed by atoms with E-state index >= 15 is 0 Å². The van der Waals surface area contributed by atoms with Crippen LogP contribution >= 0.6 is 0 Å². The highest BCUT2D eigenvalue weighted by atomic mass is 16.7. The van der Waals surface area contributed by atoms with Crippen molar-refractivity contribution >= 4 is 0 Å². The highest BCUT2D eigenvalue weighted by Crippen LogP contribution is 2.45. The minimum absolute atomic E-state index is 0.129. The van der Waals surface area contributed by atoms with E-state index in [2.05, 4.69) is 22.2 Å². The number of aromatic nitrogens is 3. The van der Waals surface area contributed by atoms with Gasteiger partial charge in [-0.3, -0.25) is 0 Å². The van der Waals surface area contributed by atoms with Crippen LogP contribution in [0.5, 0.6) is 17.2 Å². The van der Waals surface area contributed by atoms with E-state index in [-0.39, 0.29) is 12.7 Å². The lowest BCUT2D eigenvalue weighted by Gasteiger charge is -2.27. The van der Waals surface area contributed by atoms with Crippen molar-refractivity contribution in [3.8, 4) is 22.9 Å². The Labute approximate surface area is 145 Å². The molecule has 0 spiro atoms. The normalized spacial score (nSPS) is 17.1. The first-order chi connectivity index (χ1) is 12.3. The molecular formula is C19H17N3O3. The highest BCUT2D eigenvalue weighted by molar-refractivity contribution is 5.60. The molecule has 2 aromatic carbocycles. The minimum Gasteiger partial charge on any atom is -0.494 e. The van der Waals surface area contributed by atoms with Gasteiger partial charge in [0.05, 0.1) is 12.3 Å². The number of nitrogens with zero attached hydrogens (tertiary/aromatic N) is 3. The second-order valence-corrected chi connectivity index (χ2v) is 6.08. The Bertz CT molecular complexity index is 951. The van der Waals surface area contributed by atoms with E-state index in [1.54, 1.807) is 6.33 Å². The Morgan fingerprint density at radius 1 is 1.16 bits per heavy atom. The van der Waals surface area contributed by atoms with Crippen LogP contribution in [0.25, 0.3) is 5.69 Å². The van der Waals surface area contributed by atoms with E-state index in [0.29, 0.717) is 6.61 Å². The van der Waals surface area contributed by atoms with E-state index in [9.17, 15) is 0 Å². The van der Waals surface area contributed by atoms with Gasteiger partial charge in [0.1, 0.15) is 17.9 Å². The molecule has 0 saturated carbocycles. The molecular weight excluding hydrogens is 318 g/mol. The van der Waals surface area contributed by atoms with E-state index in [0.717, 1.165) is 46.3 Å². The number of ether oxygens (including phenoxy) is 3. The summed E-state index contributed by atoms with van der Waals surface area (Å²) < 4.78 is 18.9. The SMILES string of the molecule is CCOc1ccccc1C1Cc2ncnn2-c2cc3c(cc21)OCO3. The van der Waals surface area contributed by atoms with Gasteiger partial charge < -0.3 is 14.2 Å². The first-order valence-electron chi connectivity index (χ1n) is 8.39. The van der Waals surface area contributed by atoms with E-state index < -0.39 is 0 Å². The van der Waals surface area contributed by atoms with Gasteiger partial charge in [-0.15, -0.1) is 0 Å². The molecule has 1 aromatic heterocycles. The molecule has 0 N–H and O–H groups in total. The molecule has 1 unspecified atom stereocenters. The molecule has 1 atom stereocenters. The summed E-state index contributed by atoms with van der Waals surface area (Å²) in [5.74, 6) is 3.50. The van der Waals surface area contributed by atoms with E-state index in [1.807, 2.05) is 35.9 Å². The van der Waals surface area contributed by atoms with Gasteiger partial charge >= 0.3 is 0 Å². The van der Waals surface area contributed by atoms with Crippen LogP contribution < -0.4 is 14.2 Å². The molecule has 6 nitrogen and oxygen atoms in total. The van der Waals surface area contributed by atoms with Crippen LogP contribution in [-0.2, 0) is 6.42 Å². The number of para-hydroxylation sites is 1. The maximum atomic E-state index is 5.87. The summed E-state index contributed by atoms with van der Waals surface area (Å²) >= 11 is 0. The highest BCUT2D eigenvalue weighted by Gasteiger charge is 2.32. The zero-order valence-electron chi connectivity index (χ0n) is 13.8. The molecule has 5 rings (SSSR count). The van der Waals surface area contributed by atoms with Crippen molar-refractivity contribution < 1.29 is 14.2 Å². The van der Waals surface area contributed by atoms with Crippen molar-refractivity contribution in [3.05, 3.63) is 59.7 Å². The fraction of sp³-hybridized carbons (Fsp3) is 0.263. The Morgan fingerprint density at radius 2 is 2.00 bits per heavy atom. The number of fused-ring (bicyclic) bond motifs is 4. The van der Waals surface area contributed by atoms with Gasteiger partial charge in [-0.05, 0) is 24.6 Å². The third-order valence-corrected chi connectivity index (χ3v) is 4.72. The third kappa shape index (κ3) is 2.17. The number of hydrogen-bond acceptors (Lipinski definition) is 5. The lowest BCUT2D eigenvalue weighted by Crippen LogP contribution is -2.20. The molecule has 0 saturated heterocycles. The van der Waals surface area contributed by atoms with Gasteiger partial charge in [0.2, 0.25) is 6.79 Å². The van der Waals surface area contributed by atoms with Gasteiger partial charge in [0, 0.05) is 24.0 Å². The monoisotopic (exact) mass is 335 g/mol. The van der Waals surface area contributed by atoms with Crippen molar-refractivity contribution in [2.75, 3.05) is 13.4 Å². The largest absolute Gasteiger partial charge is 0.494 e. The smallest absolute Gasteiger partial charge is 0.231 e. The van der Waals surface area contributed by atoms with Gasteiger partial charge in [-0.2, -0.15) is 5.10 Å². The summed E-state index contributed by atoms with van der Waals surface area (Å²) in [6.45, 7) is 2.89. The zero-order chi connectivity index (χ0) is 16.8. The Kier molecular flexibility index (Phi) is 3.16. The molecule has 0 radical (unpaired) electrons. The molecule has 6 heteroatoms. The summed E-state index contributed by atoms with van der Waals surface area (Å²) in [7, 11) is 0. The average Bonchev–Trinajstić information content (AvgIpc) is 3.29. The predicted molar refractivity (Wildman–Crippen MR) is 90.6 cm³/mol. The fourth-order valence-electron chi connectivity index (χ4n) is 3.64. The lowest BCUT2D eigenvalue weighted by molar-refractivity contribution is 0.174. The van der Waals surface area contributed by atoms with Crippen LogP contribution in [0.1, 0.15) is 29.8 Å². The number of benzene rings is 2. The van der Waals surface area contributed by atoms with Crippen LogP contribution in [0.4, 0.5) is 0 Å². The van der Waals surface area contributed by atoms with Crippen LogP contribution in [0.2, 0.25) is 0 Å². The maximum Gasteiger partial charge on any atom is 0.231 e. The molecule has 25 heavy (non-hydrogen) atoms. The Balaban J connectivity index is 1.71. The average molecular weight is 335 g/mol.